The highest BCUT2D eigenvalue weighted by Crippen LogP contribution is 2.34. The standard InChI is InChI=1S/C6H13O9P/c7-1-2(8)5-3(9)4(10)6(14-5)15-16(11,12)13/h2-10H,1H2,(H2,11,12,13)/p-2/t2-,3-,4-,5+,6+/m1/s1. The molecule has 9 nitrogen and oxygen atoms in total. The molecule has 0 spiro atoms. The monoisotopic (exact) mass is 258 g/mol. The number of hydrogen-bond donors (Lipinski definition) is 4. The van der Waals surface area contributed by atoms with Gasteiger partial charge in [0.1, 0.15) is 24.4 Å². The van der Waals surface area contributed by atoms with Crippen molar-refractivity contribution in [2.45, 2.75) is 30.7 Å². The largest absolute Gasteiger partial charge is 0.790 e. The van der Waals surface area contributed by atoms with Gasteiger partial charge in [0.05, 0.1) is 14.4 Å². The van der Waals surface area contributed by atoms with E-state index >= 15 is 0 Å². The minimum absolute atomic E-state index is 0.770. The normalized spacial score (nSPS) is 37.6. The van der Waals surface area contributed by atoms with Gasteiger partial charge in [0, 0.05) is 0 Å². The van der Waals surface area contributed by atoms with Crippen LogP contribution < -0.4 is 9.79 Å². The van der Waals surface area contributed by atoms with Crippen LogP contribution >= 0.6 is 7.82 Å². The van der Waals surface area contributed by atoms with Crippen molar-refractivity contribution in [1.29, 1.82) is 0 Å². The van der Waals surface area contributed by atoms with E-state index in [1.165, 1.54) is 0 Å². The first-order chi connectivity index (χ1) is 7.26. The summed E-state index contributed by atoms with van der Waals surface area (Å²) in [5, 5.41) is 36.3. The van der Waals surface area contributed by atoms with E-state index in [-0.39, 0.29) is 0 Å². The Morgan fingerprint density at radius 1 is 1.38 bits per heavy atom. The Hall–Kier alpha value is -0.0900. The molecule has 1 saturated heterocycles. The Morgan fingerprint density at radius 3 is 2.38 bits per heavy atom. The van der Waals surface area contributed by atoms with Crippen molar-refractivity contribution in [3.05, 3.63) is 0 Å². The van der Waals surface area contributed by atoms with Gasteiger partial charge in [-0.3, -0.25) is 0 Å². The summed E-state index contributed by atoms with van der Waals surface area (Å²) in [6.07, 6.45) is -8.32. The molecule has 0 aromatic heterocycles. The average molecular weight is 258 g/mol. The van der Waals surface area contributed by atoms with Crippen LogP contribution in [0.3, 0.4) is 0 Å². The fourth-order valence-electron chi connectivity index (χ4n) is 1.31. The second-order valence-electron chi connectivity index (χ2n) is 3.25. The predicted octanol–water partition coefficient (Wildman–Crippen LogP) is -4.37. The van der Waals surface area contributed by atoms with Crippen LogP contribution in [0, 0.1) is 0 Å². The van der Waals surface area contributed by atoms with E-state index in [4.69, 9.17) is 10.2 Å². The first-order valence-corrected chi connectivity index (χ1v) is 5.73. The molecule has 0 saturated carbocycles. The van der Waals surface area contributed by atoms with Gasteiger partial charge >= 0.3 is 0 Å². The highest BCUT2D eigenvalue weighted by atomic mass is 31.2. The molecule has 0 aromatic rings. The third-order valence-electron chi connectivity index (χ3n) is 2.06. The maximum Gasteiger partial charge on any atom is 0.191 e. The summed E-state index contributed by atoms with van der Waals surface area (Å²) in [6, 6.07) is 0. The van der Waals surface area contributed by atoms with Crippen LogP contribution in [-0.2, 0) is 13.8 Å². The Balaban J connectivity index is 2.68. The Morgan fingerprint density at radius 2 is 1.94 bits per heavy atom. The van der Waals surface area contributed by atoms with Gasteiger partial charge in [0.25, 0.3) is 0 Å². The molecule has 5 atom stereocenters. The summed E-state index contributed by atoms with van der Waals surface area (Å²) in [4.78, 5) is 20.5. The lowest BCUT2D eigenvalue weighted by molar-refractivity contribution is -0.354. The van der Waals surface area contributed by atoms with E-state index in [1.54, 1.807) is 0 Å². The third-order valence-corrected chi connectivity index (χ3v) is 2.52. The Kier molecular flexibility index (Phi) is 4.41. The van der Waals surface area contributed by atoms with E-state index in [0.29, 0.717) is 0 Å². The molecule has 0 bridgehead atoms. The minimum atomic E-state index is -5.38. The lowest BCUT2D eigenvalue weighted by Gasteiger charge is -2.32. The number of phosphoric ester groups is 1. The van der Waals surface area contributed by atoms with Crippen LogP contribution in [0.2, 0.25) is 0 Å². The van der Waals surface area contributed by atoms with Gasteiger partial charge in [0.15, 0.2) is 6.29 Å². The predicted molar refractivity (Wildman–Crippen MR) is 42.5 cm³/mol. The number of phosphoric acid groups is 1. The van der Waals surface area contributed by atoms with Gasteiger partial charge in [-0.05, 0) is 0 Å². The first-order valence-electron chi connectivity index (χ1n) is 4.27. The topological polar surface area (TPSA) is 163 Å². The zero-order chi connectivity index (χ0) is 12.5. The van der Waals surface area contributed by atoms with E-state index < -0.39 is 45.1 Å². The quantitative estimate of drug-likeness (QED) is 0.365. The maximum atomic E-state index is 10.3. The second-order valence-corrected chi connectivity index (χ2v) is 4.36. The van der Waals surface area contributed by atoms with Crippen LogP contribution in [0.4, 0.5) is 0 Å². The lowest BCUT2D eigenvalue weighted by Crippen LogP contribution is -2.40. The van der Waals surface area contributed by atoms with Crippen molar-refractivity contribution >= 4 is 7.82 Å². The van der Waals surface area contributed by atoms with Gasteiger partial charge in [-0.15, -0.1) is 0 Å². The van der Waals surface area contributed by atoms with Crippen molar-refractivity contribution in [3.8, 4) is 0 Å². The van der Waals surface area contributed by atoms with Gasteiger partial charge in [0.2, 0.25) is 0 Å². The third kappa shape index (κ3) is 3.20. The van der Waals surface area contributed by atoms with Gasteiger partial charge in [-0.2, -0.15) is 0 Å². The van der Waals surface area contributed by atoms with Crippen molar-refractivity contribution in [3.63, 3.8) is 0 Å². The smallest absolute Gasteiger partial charge is 0.191 e. The molecule has 1 heterocycles. The molecule has 0 aromatic carbocycles. The van der Waals surface area contributed by atoms with E-state index in [2.05, 4.69) is 9.26 Å². The number of aliphatic hydroxyl groups excluding tert-OH is 4. The zero-order valence-corrected chi connectivity index (χ0v) is 8.77. The first kappa shape index (κ1) is 14.0. The molecule has 0 aliphatic carbocycles. The number of hydrogen-bond acceptors (Lipinski definition) is 9. The minimum Gasteiger partial charge on any atom is -0.790 e. The summed E-state index contributed by atoms with van der Waals surface area (Å²) in [5.41, 5.74) is 0. The zero-order valence-electron chi connectivity index (χ0n) is 7.87. The summed E-state index contributed by atoms with van der Waals surface area (Å²) < 4.78 is 18.7. The van der Waals surface area contributed by atoms with Crippen molar-refractivity contribution in [2.75, 3.05) is 6.61 Å². The highest BCUT2D eigenvalue weighted by molar-refractivity contribution is 7.43. The van der Waals surface area contributed by atoms with Gasteiger partial charge in [-0.25, -0.2) is 0 Å². The number of aliphatic hydroxyl groups is 4. The molecular formula is C6H11O9P-2. The fraction of sp³-hybridized carbons (Fsp3) is 1.00. The van der Waals surface area contributed by atoms with E-state index in [1.807, 2.05) is 0 Å². The number of ether oxygens (including phenoxy) is 1. The highest BCUT2D eigenvalue weighted by Gasteiger charge is 2.46. The summed E-state index contributed by atoms with van der Waals surface area (Å²) >= 11 is 0. The molecule has 96 valence electrons. The molecule has 0 unspecified atom stereocenters. The maximum absolute atomic E-state index is 10.3. The molecule has 0 radical (unpaired) electrons. The summed E-state index contributed by atoms with van der Waals surface area (Å²) in [5.74, 6) is 0. The van der Waals surface area contributed by atoms with Crippen molar-refractivity contribution in [1.82, 2.24) is 0 Å². The molecule has 1 fully saturated rings. The molecule has 1 aliphatic rings. The molecule has 1 aliphatic heterocycles. The van der Waals surface area contributed by atoms with Crippen molar-refractivity contribution in [2.24, 2.45) is 0 Å². The molecule has 4 N–H and O–H groups in total. The molecular weight excluding hydrogens is 247 g/mol. The van der Waals surface area contributed by atoms with E-state index in [9.17, 15) is 24.6 Å². The second kappa shape index (κ2) is 5.05. The Bertz CT molecular complexity index is 277. The number of rotatable bonds is 4. The lowest BCUT2D eigenvalue weighted by atomic mass is 10.1. The van der Waals surface area contributed by atoms with Crippen LogP contribution in [-0.4, -0.2) is 57.7 Å². The van der Waals surface area contributed by atoms with Crippen molar-refractivity contribution < 1.29 is 44.0 Å². The van der Waals surface area contributed by atoms with Crippen LogP contribution in [0.15, 0.2) is 0 Å². The molecule has 0 amide bonds. The Labute approximate surface area is 90.1 Å². The summed E-state index contributed by atoms with van der Waals surface area (Å²) in [7, 11) is -5.38. The van der Waals surface area contributed by atoms with Crippen LogP contribution in [0.25, 0.3) is 0 Å². The van der Waals surface area contributed by atoms with E-state index in [0.717, 1.165) is 0 Å². The molecule has 10 heteroatoms. The van der Waals surface area contributed by atoms with Crippen LogP contribution in [0.5, 0.6) is 0 Å². The van der Waals surface area contributed by atoms with Crippen LogP contribution in [0.1, 0.15) is 0 Å². The van der Waals surface area contributed by atoms with Gasteiger partial charge < -0.3 is 44.0 Å². The SMILES string of the molecule is O=P([O-])([O-])O[C@@H]1O[C@@H]([C@H](O)CO)[C@H](O)[C@H]1O. The summed E-state index contributed by atoms with van der Waals surface area (Å²) in [6.45, 7) is -0.770. The average Bonchev–Trinajstić information content (AvgIpc) is 2.43. The fourth-order valence-corrected chi connectivity index (χ4v) is 1.74. The van der Waals surface area contributed by atoms with Gasteiger partial charge in [-0.1, -0.05) is 0 Å². The molecule has 16 heavy (non-hydrogen) atoms. The molecule has 1 rings (SSSR count).